The molecule has 0 bridgehead atoms. The lowest BCUT2D eigenvalue weighted by atomic mass is 10.1. The van der Waals surface area contributed by atoms with Gasteiger partial charge in [0.05, 0.1) is 10.1 Å². The van der Waals surface area contributed by atoms with Crippen molar-refractivity contribution in [2.45, 2.75) is 25.6 Å². The van der Waals surface area contributed by atoms with Gasteiger partial charge in [-0.2, -0.15) is 13.2 Å². The molecule has 1 heterocycles. The van der Waals surface area contributed by atoms with Gasteiger partial charge >= 0.3 is 6.18 Å². The number of nitrogens with zero attached hydrogens (tertiary/aromatic N) is 2. The minimum atomic E-state index is -4.89. The fraction of sp³-hybridized carbons (Fsp3) is 0.190. The predicted molar refractivity (Wildman–Crippen MR) is 112 cm³/mol. The molecular formula is C21H19ClF4N3O3+. The lowest BCUT2D eigenvalue weighted by Gasteiger charge is -2.34. The van der Waals surface area contributed by atoms with Gasteiger partial charge in [0.15, 0.2) is 5.03 Å². The molecule has 3 rings (SSSR count). The van der Waals surface area contributed by atoms with Gasteiger partial charge in [0, 0.05) is 34.6 Å². The number of carbonyl (C=O) groups is 1. The zero-order chi connectivity index (χ0) is 23.7. The summed E-state index contributed by atoms with van der Waals surface area (Å²) in [6.07, 6.45) is -2.12. The number of allylic oxidation sites excluding steroid dienone is 1. The van der Waals surface area contributed by atoms with E-state index in [0.717, 1.165) is 23.1 Å². The van der Waals surface area contributed by atoms with Crippen molar-refractivity contribution in [2.24, 2.45) is 0 Å². The second-order valence-electron chi connectivity index (χ2n) is 7.12. The molecule has 0 radical (unpaired) electrons. The highest BCUT2D eigenvalue weighted by Crippen LogP contribution is 2.39. The van der Waals surface area contributed by atoms with Gasteiger partial charge < -0.3 is 10.2 Å². The Morgan fingerprint density at radius 2 is 1.84 bits per heavy atom. The summed E-state index contributed by atoms with van der Waals surface area (Å²) in [5.41, 5.74) is -2.41. The van der Waals surface area contributed by atoms with E-state index in [2.05, 4.69) is 5.32 Å². The van der Waals surface area contributed by atoms with E-state index >= 15 is 0 Å². The zero-order valence-electron chi connectivity index (χ0n) is 16.6. The first kappa shape index (κ1) is 23.7. The largest absolute Gasteiger partial charge is 0.432 e. The average Bonchev–Trinajstić information content (AvgIpc) is 2.87. The van der Waals surface area contributed by atoms with Gasteiger partial charge in [-0.05, 0) is 43.7 Å². The van der Waals surface area contributed by atoms with Gasteiger partial charge in [0.1, 0.15) is 5.70 Å². The number of nitrogens with one attached hydrogen (secondary N) is 1. The van der Waals surface area contributed by atoms with Crippen molar-refractivity contribution in [1.82, 2.24) is 5.03 Å². The lowest BCUT2D eigenvalue weighted by Crippen LogP contribution is -2.39. The third-order valence-electron chi connectivity index (χ3n) is 4.75. The number of quaternary nitrogens is 1. The number of alkyl halides is 3. The number of amides is 1. The Hall–Kier alpha value is -2.92. The van der Waals surface area contributed by atoms with Gasteiger partial charge in [0.25, 0.3) is 5.91 Å². The van der Waals surface area contributed by atoms with Gasteiger partial charge in [-0.1, -0.05) is 29.8 Å². The molecular weight excluding hydrogens is 454 g/mol. The summed E-state index contributed by atoms with van der Waals surface area (Å²) in [7, 11) is 0. The standard InChI is InChI=1S/C21H18ClF4N3O3/c1-13-4-2-7-18(20(30)27-15-5-3-6-17(12-15)29(26,31)32)19(21(23,24)25)28(13)16-10-8-14(22)9-11-16/h2-3,5-13,31-32H,4H2,1H3/p+1. The molecule has 0 spiro atoms. The van der Waals surface area contributed by atoms with Crippen LogP contribution in [0, 0.1) is 0 Å². The second kappa shape index (κ2) is 8.91. The first-order valence-electron chi connectivity index (χ1n) is 9.37. The Labute approximate surface area is 185 Å². The summed E-state index contributed by atoms with van der Waals surface area (Å²) < 4.78 is 56.0. The van der Waals surface area contributed by atoms with Gasteiger partial charge in [-0.15, -0.1) is 10.4 Å². The molecule has 2 aromatic rings. The van der Waals surface area contributed by atoms with E-state index in [0.29, 0.717) is 5.02 Å². The first-order valence-corrected chi connectivity index (χ1v) is 9.74. The molecule has 2 aromatic carbocycles. The van der Waals surface area contributed by atoms with Crippen LogP contribution in [-0.4, -0.2) is 28.5 Å². The zero-order valence-corrected chi connectivity index (χ0v) is 17.4. The van der Waals surface area contributed by atoms with Crippen molar-refractivity contribution in [3.05, 3.63) is 77.0 Å². The molecule has 11 heteroatoms. The lowest BCUT2D eigenvalue weighted by molar-refractivity contribution is -0.401. The maximum Gasteiger partial charge on any atom is 0.432 e. The van der Waals surface area contributed by atoms with Gasteiger partial charge in [-0.3, -0.25) is 4.79 Å². The fourth-order valence-electron chi connectivity index (χ4n) is 3.33. The van der Waals surface area contributed by atoms with Crippen LogP contribution in [0.4, 0.5) is 34.7 Å². The summed E-state index contributed by atoms with van der Waals surface area (Å²) in [5, 5.41) is 17.6. The Balaban J connectivity index is 2.08. The van der Waals surface area contributed by atoms with Crippen LogP contribution in [0.2, 0.25) is 5.02 Å². The highest BCUT2D eigenvalue weighted by molar-refractivity contribution is 6.30. The number of hydrogen-bond donors (Lipinski definition) is 3. The molecule has 0 aromatic heterocycles. The van der Waals surface area contributed by atoms with E-state index < -0.39 is 40.1 Å². The molecule has 32 heavy (non-hydrogen) atoms. The SMILES string of the molecule is CC1CC=CC(C(=O)Nc2cccc([N+](O)(O)F)c2)=C(C(F)(F)F)N1c1ccc(Cl)cc1. The second-order valence-corrected chi connectivity index (χ2v) is 7.56. The third-order valence-corrected chi connectivity index (χ3v) is 5.00. The van der Waals surface area contributed by atoms with Crippen LogP contribution in [0.5, 0.6) is 0 Å². The molecule has 0 saturated heterocycles. The highest BCUT2D eigenvalue weighted by Gasteiger charge is 2.44. The first-order chi connectivity index (χ1) is 14.9. The summed E-state index contributed by atoms with van der Waals surface area (Å²) in [6.45, 7) is 1.59. The van der Waals surface area contributed by atoms with E-state index in [-0.39, 0.29) is 17.8 Å². The average molecular weight is 473 g/mol. The number of anilines is 2. The number of carbonyl (C=O) groups excluding carboxylic acids is 1. The third kappa shape index (κ3) is 5.28. The monoisotopic (exact) mass is 472 g/mol. The minimum absolute atomic E-state index is 0.131. The Morgan fingerprint density at radius 1 is 1.19 bits per heavy atom. The maximum absolute atomic E-state index is 14.2. The van der Waals surface area contributed by atoms with Crippen molar-refractivity contribution >= 4 is 34.6 Å². The number of halogens is 5. The van der Waals surface area contributed by atoms with Crippen molar-refractivity contribution in [3.8, 4) is 0 Å². The van der Waals surface area contributed by atoms with Crippen LogP contribution in [0.3, 0.4) is 0 Å². The molecule has 3 N–H and O–H groups in total. The Morgan fingerprint density at radius 3 is 2.44 bits per heavy atom. The van der Waals surface area contributed by atoms with E-state index in [1.807, 2.05) is 0 Å². The van der Waals surface area contributed by atoms with Gasteiger partial charge in [0.2, 0.25) is 5.69 Å². The summed E-state index contributed by atoms with van der Waals surface area (Å²) in [5.74, 6) is -1.10. The molecule has 0 saturated carbocycles. The summed E-state index contributed by atoms with van der Waals surface area (Å²) in [6, 6.07) is 9.49. The van der Waals surface area contributed by atoms with E-state index in [9.17, 15) is 22.4 Å². The van der Waals surface area contributed by atoms with Crippen molar-refractivity contribution in [3.63, 3.8) is 0 Å². The Kier molecular flexibility index (Phi) is 6.61. The van der Waals surface area contributed by atoms with Crippen molar-refractivity contribution in [2.75, 3.05) is 10.2 Å². The Bertz CT molecular complexity index is 1060. The van der Waals surface area contributed by atoms with Crippen LogP contribution in [-0.2, 0) is 4.79 Å². The summed E-state index contributed by atoms with van der Waals surface area (Å²) in [4.78, 5) is 13.9. The van der Waals surface area contributed by atoms with Crippen LogP contribution in [0.25, 0.3) is 0 Å². The number of benzene rings is 2. The van der Waals surface area contributed by atoms with Crippen LogP contribution in [0.1, 0.15) is 13.3 Å². The molecule has 1 unspecified atom stereocenters. The van der Waals surface area contributed by atoms with E-state index in [1.165, 1.54) is 42.5 Å². The van der Waals surface area contributed by atoms with Gasteiger partial charge in [-0.25, -0.2) is 0 Å². The van der Waals surface area contributed by atoms with Crippen LogP contribution < -0.4 is 15.2 Å². The van der Waals surface area contributed by atoms with E-state index in [1.54, 1.807) is 6.92 Å². The number of rotatable bonds is 4. The minimum Gasteiger partial charge on any atom is -0.334 e. The molecule has 1 atom stereocenters. The number of hydrogen-bond acceptors (Lipinski definition) is 4. The van der Waals surface area contributed by atoms with Crippen molar-refractivity contribution < 1.29 is 32.9 Å². The smallest absolute Gasteiger partial charge is 0.334 e. The molecule has 0 aliphatic carbocycles. The molecule has 0 fully saturated rings. The van der Waals surface area contributed by atoms with Crippen LogP contribution >= 0.6 is 11.6 Å². The predicted octanol–water partition coefficient (Wildman–Crippen LogP) is 5.92. The maximum atomic E-state index is 14.2. The molecule has 1 aliphatic rings. The molecule has 6 nitrogen and oxygen atoms in total. The highest BCUT2D eigenvalue weighted by atomic mass is 35.5. The molecule has 1 aliphatic heterocycles. The van der Waals surface area contributed by atoms with Crippen molar-refractivity contribution in [1.29, 1.82) is 0 Å². The molecule has 1 amide bonds. The fourth-order valence-corrected chi connectivity index (χ4v) is 3.46. The van der Waals surface area contributed by atoms with Crippen LogP contribution in [0.15, 0.2) is 72.0 Å². The normalized spacial score (nSPS) is 17.4. The van der Waals surface area contributed by atoms with E-state index in [4.69, 9.17) is 22.0 Å². The quantitative estimate of drug-likeness (QED) is 0.293. The topological polar surface area (TPSA) is 72.8 Å². The summed E-state index contributed by atoms with van der Waals surface area (Å²) >= 11 is 5.87. The molecule has 170 valence electrons.